The standard InChI is InChI=1S/C8H16N2O/c1-8(2,5-9)6-10-4-3-7(10)11/h3-6,9H2,1-2H3. The summed E-state index contributed by atoms with van der Waals surface area (Å²) < 4.78 is 0. The Hall–Kier alpha value is -0.570. The van der Waals surface area contributed by atoms with Crippen molar-refractivity contribution in [3.63, 3.8) is 0 Å². The molecule has 0 saturated carbocycles. The van der Waals surface area contributed by atoms with Crippen LogP contribution >= 0.6 is 0 Å². The summed E-state index contributed by atoms with van der Waals surface area (Å²) in [6, 6.07) is 0. The predicted molar refractivity (Wildman–Crippen MR) is 44.0 cm³/mol. The lowest BCUT2D eigenvalue weighted by molar-refractivity contribution is -0.141. The van der Waals surface area contributed by atoms with Gasteiger partial charge in [-0.25, -0.2) is 0 Å². The summed E-state index contributed by atoms with van der Waals surface area (Å²) in [4.78, 5) is 12.8. The maximum Gasteiger partial charge on any atom is 0.224 e. The number of hydrogen-bond donors (Lipinski definition) is 1. The maximum atomic E-state index is 10.9. The van der Waals surface area contributed by atoms with E-state index in [4.69, 9.17) is 5.73 Å². The van der Waals surface area contributed by atoms with Gasteiger partial charge >= 0.3 is 0 Å². The van der Waals surface area contributed by atoms with Crippen LogP contribution in [-0.4, -0.2) is 30.4 Å². The molecule has 2 N–H and O–H groups in total. The Kier molecular flexibility index (Phi) is 2.18. The molecule has 0 atom stereocenters. The van der Waals surface area contributed by atoms with Crippen molar-refractivity contribution in [2.75, 3.05) is 19.6 Å². The van der Waals surface area contributed by atoms with Gasteiger partial charge in [-0.1, -0.05) is 13.8 Å². The van der Waals surface area contributed by atoms with E-state index in [2.05, 4.69) is 13.8 Å². The number of β-lactam (4-membered cyclic amide) rings is 1. The molecule has 0 unspecified atom stereocenters. The minimum absolute atomic E-state index is 0.0794. The van der Waals surface area contributed by atoms with Crippen molar-refractivity contribution in [3.8, 4) is 0 Å². The van der Waals surface area contributed by atoms with Gasteiger partial charge in [0.2, 0.25) is 5.91 Å². The summed E-state index contributed by atoms with van der Waals surface area (Å²) in [5.41, 5.74) is 5.62. The second-order valence-corrected chi connectivity index (χ2v) is 3.93. The van der Waals surface area contributed by atoms with E-state index in [1.807, 2.05) is 4.90 Å². The summed E-state index contributed by atoms with van der Waals surface area (Å²) in [5, 5.41) is 0. The number of carbonyl (C=O) groups is 1. The van der Waals surface area contributed by atoms with Gasteiger partial charge in [0, 0.05) is 19.5 Å². The van der Waals surface area contributed by atoms with Gasteiger partial charge in [0.05, 0.1) is 0 Å². The van der Waals surface area contributed by atoms with Gasteiger partial charge in [-0.2, -0.15) is 0 Å². The van der Waals surface area contributed by atoms with Crippen LogP contribution in [0.25, 0.3) is 0 Å². The van der Waals surface area contributed by atoms with Crippen molar-refractivity contribution in [1.82, 2.24) is 4.90 Å². The molecule has 0 aromatic carbocycles. The molecule has 1 aliphatic heterocycles. The van der Waals surface area contributed by atoms with Crippen LogP contribution in [0, 0.1) is 5.41 Å². The lowest BCUT2D eigenvalue weighted by Crippen LogP contribution is -2.49. The number of rotatable bonds is 3. The summed E-state index contributed by atoms with van der Waals surface area (Å²) >= 11 is 0. The first-order valence-electron chi connectivity index (χ1n) is 4.03. The van der Waals surface area contributed by atoms with Gasteiger partial charge in [-0.05, 0) is 12.0 Å². The molecule has 0 spiro atoms. The molecule has 64 valence electrons. The molecule has 0 aromatic rings. The average Bonchev–Trinajstić information content (AvgIpc) is 1.98. The molecule has 0 bridgehead atoms. The smallest absolute Gasteiger partial charge is 0.224 e. The monoisotopic (exact) mass is 156 g/mol. The number of nitrogens with zero attached hydrogens (tertiary/aromatic N) is 1. The van der Waals surface area contributed by atoms with Crippen LogP contribution in [0.1, 0.15) is 20.3 Å². The van der Waals surface area contributed by atoms with Gasteiger partial charge in [-0.3, -0.25) is 4.79 Å². The van der Waals surface area contributed by atoms with Crippen LogP contribution in [0.4, 0.5) is 0 Å². The second kappa shape index (κ2) is 2.81. The number of likely N-dealkylation sites (tertiary alicyclic amines) is 1. The summed E-state index contributed by atoms with van der Waals surface area (Å²) in [7, 11) is 0. The Morgan fingerprint density at radius 2 is 2.27 bits per heavy atom. The Morgan fingerprint density at radius 3 is 2.55 bits per heavy atom. The maximum absolute atomic E-state index is 10.9. The van der Waals surface area contributed by atoms with Crippen LogP contribution in [0.5, 0.6) is 0 Å². The molecule has 1 rings (SSSR count). The summed E-state index contributed by atoms with van der Waals surface area (Å²) in [5.74, 6) is 0.270. The molecule has 0 aliphatic carbocycles. The highest BCUT2D eigenvalue weighted by Gasteiger charge is 2.29. The minimum atomic E-state index is 0.0794. The molecule has 0 aromatic heterocycles. The molecule has 3 heteroatoms. The molecule has 1 amide bonds. The second-order valence-electron chi connectivity index (χ2n) is 3.93. The first kappa shape index (κ1) is 8.53. The van der Waals surface area contributed by atoms with E-state index in [9.17, 15) is 4.79 Å². The number of carbonyl (C=O) groups excluding carboxylic acids is 1. The van der Waals surface area contributed by atoms with Crippen molar-refractivity contribution in [2.24, 2.45) is 11.1 Å². The van der Waals surface area contributed by atoms with E-state index in [0.29, 0.717) is 6.54 Å². The molecule has 1 fully saturated rings. The highest BCUT2D eigenvalue weighted by molar-refractivity contribution is 5.81. The van der Waals surface area contributed by atoms with Gasteiger partial charge in [-0.15, -0.1) is 0 Å². The number of amides is 1. The molecule has 1 saturated heterocycles. The van der Waals surface area contributed by atoms with Crippen LogP contribution in [0.3, 0.4) is 0 Å². The lowest BCUT2D eigenvalue weighted by Gasteiger charge is -2.37. The van der Waals surface area contributed by atoms with E-state index >= 15 is 0 Å². The quantitative estimate of drug-likeness (QED) is 0.593. The normalized spacial score (nSPS) is 18.5. The highest BCUT2D eigenvalue weighted by Crippen LogP contribution is 2.19. The average molecular weight is 156 g/mol. The van der Waals surface area contributed by atoms with Crippen LogP contribution in [-0.2, 0) is 4.79 Å². The number of nitrogens with two attached hydrogens (primary N) is 1. The Bertz CT molecular complexity index is 165. The molecular weight excluding hydrogens is 140 g/mol. The fourth-order valence-electron chi connectivity index (χ4n) is 1.11. The van der Waals surface area contributed by atoms with Crippen molar-refractivity contribution in [3.05, 3.63) is 0 Å². The first-order chi connectivity index (χ1) is 5.05. The van der Waals surface area contributed by atoms with E-state index < -0.39 is 0 Å². The zero-order valence-electron chi connectivity index (χ0n) is 7.26. The molecule has 3 nitrogen and oxygen atoms in total. The van der Waals surface area contributed by atoms with Crippen molar-refractivity contribution in [1.29, 1.82) is 0 Å². The third-order valence-corrected chi connectivity index (χ3v) is 2.12. The van der Waals surface area contributed by atoms with Crippen molar-refractivity contribution in [2.45, 2.75) is 20.3 Å². The fraction of sp³-hybridized carbons (Fsp3) is 0.875. The van der Waals surface area contributed by atoms with E-state index in [1.54, 1.807) is 0 Å². The molecule has 1 heterocycles. The SMILES string of the molecule is CC(C)(CN)CN1CCC1=O. The third-order valence-electron chi connectivity index (χ3n) is 2.12. The Balaban J connectivity index is 2.35. The summed E-state index contributed by atoms with van der Waals surface area (Å²) in [6.07, 6.45) is 0.723. The van der Waals surface area contributed by atoms with Gasteiger partial charge in [0.15, 0.2) is 0 Å². The number of hydrogen-bond acceptors (Lipinski definition) is 2. The zero-order valence-corrected chi connectivity index (χ0v) is 7.26. The predicted octanol–water partition coefficient (Wildman–Crippen LogP) is 0.204. The van der Waals surface area contributed by atoms with Gasteiger partial charge in [0.1, 0.15) is 0 Å². The highest BCUT2D eigenvalue weighted by atomic mass is 16.2. The van der Waals surface area contributed by atoms with Crippen LogP contribution in [0.15, 0.2) is 0 Å². The van der Waals surface area contributed by atoms with Gasteiger partial charge in [0.25, 0.3) is 0 Å². The Morgan fingerprint density at radius 1 is 1.64 bits per heavy atom. The summed E-state index contributed by atoms with van der Waals surface area (Å²) in [6.45, 7) is 6.53. The fourth-order valence-corrected chi connectivity index (χ4v) is 1.11. The van der Waals surface area contributed by atoms with E-state index in [-0.39, 0.29) is 11.3 Å². The lowest BCUT2D eigenvalue weighted by atomic mass is 9.92. The van der Waals surface area contributed by atoms with Crippen molar-refractivity contribution >= 4 is 5.91 Å². The van der Waals surface area contributed by atoms with Gasteiger partial charge < -0.3 is 10.6 Å². The van der Waals surface area contributed by atoms with Crippen LogP contribution in [0.2, 0.25) is 0 Å². The minimum Gasteiger partial charge on any atom is -0.342 e. The third kappa shape index (κ3) is 1.93. The van der Waals surface area contributed by atoms with Crippen molar-refractivity contribution < 1.29 is 4.79 Å². The Labute approximate surface area is 67.5 Å². The molecule has 1 aliphatic rings. The topological polar surface area (TPSA) is 46.3 Å². The molecule has 0 radical (unpaired) electrons. The largest absolute Gasteiger partial charge is 0.342 e. The zero-order chi connectivity index (χ0) is 8.48. The van der Waals surface area contributed by atoms with E-state index in [1.165, 1.54) is 0 Å². The van der Waals surface area contributed by atoms with Crippen LogP contribution < -0.4 is 5.73 Å². The molecule has 11 heavy (non-hydrogen) atoms. The first-order valence-corrected chi connectivity index (χ1v) is 4.03. The molecular formula is C8H16N2O. The van der Waals surface area contributed by atoms with E-state index in [0.717, 1.165) is 19.5 Å².